The molecule has 11 heteroatoms. The van der Waals surface area contributed by atoms with Crippen LogP contribution in [0, 0.1) is 5.92 Å². The van der Waals surface area contributed by atoms with Gasteiger partial charge in [-0.25, -0.2) is 9.18 Å². The molecule has 0 aromatic carbocycles. The summed E-state index contributed by atoms with van der Waals surface area (Å²) in [5.74, 6) is -14.2. The molecule has 18 heavy (non-hydrogen) atoms. The maximum absolute atomic E-state index is 12.6. The lowest BCUT2D eigenvalue weighted by atomic mass is 9.92. The summed E-state index contributed by atoms with van der Waals surface area (Å²) < 4.78 is 109. The van der Waals surface area contributed by atoms with Gasteiger partial charge in [0.05, 0.1) is 11.9 Å². The molecule has 2 nitrogen and oxygen atoms in total. The summed E-state index contributed by atoms with van der Waals surface area (Å²) in [7, 11) is 0. The van der Waals surface area contributed by atoms with Crippen molar-refractivity contribution in [2.45, 2.75) is 18.3 Å². The Bertz CT molecular complexity index is 351. The summed E-state index contributed by atoms with van der Waals surface area (Å²) in [6, 6.07) is 0. The van der Waals surface area contributed by atoms with Crippen LogP contribution >= 0.6 is 0 Å². The fourth-order valence-electron chi connectivity index (χ4n) is 0.974. The first-order valence-electron chi connectivity index (χ1n) is 3.81. The second-order valence-corrected chi connectivity index (χ2v) is 2.96. The number of aliphatic carboxylic acids is 1. The number of alkyl halides is 8. The molecule has 0 fully saturated rings. The molecule has 0 bridgehead atoms. The third-order valence-corrected chi connectivity index (χ3v) is 1.74. The van der Waals surface area contributed by atoms with Crippen molar-refractivity contribution in [2.75, 3.05) is 0 Å². The summed E-state index contributed by atoms with van der Waals surface area (Å²) >= 11 is 0. The highest BCUT2D eigenvalue weighted by Crippen LogP contribution is 2.50. The molecular weight excluding hydrogens is 287 g/mol. The van der Waals surface area contributed by atoms with Crippen molar-refractivity contribution in [3.8, 4) is 0 Å². The van der Waals surface area contributed by atoms with E-state index in [1.54, 1.807) is 0 Å². The van der Waals surface area contributed by atoms with Crippen LogP contribution in [0.15, 0.2) is 11.9 Å². The molecule has 0 saturated carbocycles. The number of hydrogen-bond acceptors (Lipinski definition) is 1. The average molecular weight is 290 g/mol. The van der Waals surface area contributed by atoms with Gasteiger partial charge in [-0.2, -0.15) is 35.1 Å². The summed E-state index contributed by atoms with van der Waals surface area (Å²) in [5, 5.41) is 8.03. The quantitative estimate of drug-likeness (QED) is 0.639. The van der Waals surface area contributed by atoms with Crippen LogP contribution in [0.4, 0.5) is 39.5 Å². The Morgan fingerprint density at radius 2 is 1.39 bits per heavy atom. The van der Waals surface area contributed by atoms with Crippen molar-refractivity contribution < 1.29 is 49.4 Å². The van der Waals surface area contributed by atoms with Crippen molar-refractivity contribution in [1.82, 2.24) is 0 Å². The minimum absolute atomic E-state index is 1.44. The fraction of sp³-hybridized carbons (Fsp3) is 0.571. The van der Waals surface area contributed by atoms with E-state index >= 15 is 0 Å². The molecule has 0 aromatic heterocycles. The normalized spacial score (nSPS) is 16.6. The van der Waals surface area contributed by atoms with Gasteiger partial charge in [-0.15, -0.1) is 0 Å². The van der Waals surface area contributed by atoms with Gasteiger partial charge < -0.3 is 5.11 Å². The van der Waals surface area contributed by atoms with E-state index in [1.807, 2.05) is 0 Å². The van der Waals surface area contributed by atoms with Crippen molar-refractivity contribution in [3.63, 3.8) is 0 Å². The number of carboxylic acid groups (broad SMARTS) is 1. The molecule has 0 aliphatic heterocycles. The van der Waals surface area contributed by atoms with Crippen LogP contribution in [0.1, 0.15) is 0 Å². The summed E-state index contributed by atoms with van der Waals surface area (Å²) in [5.41, 5.74) is -2.73. The standard InChI is InChI=1S/C7H3F9O2/c8-1-2(4(17)18)3(6(11,12)13)5(9,10)7(14,15)16/h1,3H,(H,17,18). The zero-order chi connectivity index (χ0) is 14.9. The lowest BCUT2D eigenvalue weighted by Crippen LogP contribution is -2.51. The number of halogens is 9. The first kappa shape index (κ1) is 16.6. The zero-order valence-electron chi connectivity index (χ0n) is 7.91. The van der Waals surface area contributed by atoms with Crippen molar-refractivity contribution in [3.05, 3.63) is 11.9 Å². The average Bonchev–Trinajstić information content (AvgIpc) is 2.08. The van der Waals surface area contributed by atoms with E-state index in [4.69, 9.17) is 5.11 Å². The predicted octanol–water partition coefficient (Wildman–Crippen LogP) is 3.30. The van der Waals surface area contributed by atoms with Gasteiger partial charge in [0, 0.05) is 0 Å². The first-order valence-corrected chi connectivity index (χ1v) is 3.81. The molecule has 0 saturated heterocycles. The molecular formula is C7H3F9O2. The van der Waals surface area contributed by atoms with Crippen LogP contribution in [0.5, 0.6) is 0 Å². The molecule has 0 aliphatic rings. The lowest BCUT2D eigenvalue weighted by molar-refractivity contribution is -0.337. The predicted molar refractivity (Wildman–Crippen MR) is 37.4 cm³/mol. The molecule has 0 aromatic rings. The van der Waals surface area contributed by atoms with Crippen LogP contribution in [0.3, 0.4) is 0 Å². The topological polar surface area (TPSA) is 37.3 Å². The minimum atomic E-state index is -6.68. The lowest BCUT2D eigenvalue weighted by Gasteiger charge is -2.29. The third kappa shape index (κ3) is 3.07. The Labute approximate surface area is 92.7 Å². The summed E-state index contributed by atoms with van der Waals surface area (Å²) in [6.07, 6.45) is -14.4. The molecule has 0 amide bonds. The number of hydrogen-bond donors (Lipinski definition) is 1. The number of carboxylic acids is 1. The van der Waals surface area contributed by atoms with Gasteiger partial charge in [0.2, 0.25) is 0 Å². The van der Waals surface area contributed by atoms with Gasteiger partial charge in [0.15, 0.2) is 5.92 Å². The molecule has 1 N–H and O–H groups in total. The Morgan fingerprint density at radius 3 is 1.56 bits per heavy atom. The smallest absolute Gasteiger partial charge is 0.454 e. The molecule has 0 spiro atoms. The third-order valence-electron chi connectivity index (χ3n) is 1.74. The zero-order valence-corrected chi connectivity index (χ0v) is 7.91. The van der Waals surface area contributed by atoms with Crippen molar-refractivity contribution in [1.29, 1.82) is 0 Å². The molecule has 0 rings (SSSR count). The fourth-order valence-corrected chi connectivity index (χ4v) is 0.974. The molecule has 1 atom stereocenters. The van der Waals surface area contributed by atoms with E-state index in [0.29, 0.717) is 0 Å². The monoisotopic (exact) mass is 290 g/mol. The Kier molecular flexibility index (Phi) is 4.32. The van der Waals surface area contributed by atoms with Crippen LogP contribution in [-0.2, 0) is 4.79 Å². The highest BCUT2D eigenvalue weighted by molar-refractivity contribution is 5.87. The van der Waals surface area contributed by atoms with E-state index in [2.05, 4.69) is 0 Å². The summed E-state index contributed by atoms with van der Waals surface area (Å²) in [6.45, 7) is 0. The van der Waals surface area contributed by atoms with E-state index in [0.717, 1.165) is 0 Å². The van der Waals surface area contributed by atoms with E-state index in [-0.39, 0.29) is 0 Å². The highest BCUT2D eigenvalue weighted by Gasteiger charge is 2.71. The number of rotatable bonds is 3. The van der Waals surface area contributed by atoms with Gasteiger partial charge in [0.25, 0.3) is 0 Å². The first-order chi connectivity index (χ1) is 7.76. The van der Waals surface area contributed by atoms with Crippen molar-refractivity contribution >= 4 is 5.97 Å². The van der Waals surface area contributed by atoms with Gasteiger partial charge in [-0.05, 0) is 0 Å². The minimum Gasteiger partial charge on any atom is -0.478 e. The van der Waals surface area contributed by atoms with Crippen LogP contribution in [-0.4, -0.2) is 29.4 Å². The van der Waals surface area contributed by atoms with E-state index in [1.165, 1.54) is 0 Å². The van der Waals surface area contributed by atoms with E-state index in [9.17, 15) is 44.3 Å². The van der Waals surface area contributed by atoms with Crippen LogP contribution in [0.25, 0.3) is 0 Å². The molecule has 0 aliphatic carbocycles. The highest BCUT2D eigenvalue weighted by atomic mass is 19.4. The summed E-state index contributed by atoms with van der Waals surface area (Å²) in [4.78, 5) is 10.1. The maximum atomic E-state index is 12.6. The van der Waals surface area contributed by atoms with Crippen LogP contribution < -0.4 is 0 Å². The maximum Gasteiger partial charge on any atom is 0.454 e. The van der Waals surface area contributed by atoms with Gasteiger partial charge in [0.1, 0.15) is 0 Å². The van der Waals surface area contributed by atoms with Crippen LogP contribution in [0.2, 0.25) is 0 Å². The Balaban J connectivity index is 5.91. The Morgan fingerprint density at radius 1 is 1.00 bits per heavy atom. The molecule has 1 unspecified atom stereocenters. The second-order valence-electron chi connectivity index (χ2n) is 2.96. The van der Waals surface area contributed by atoms with Gasteiger partial charge >= 0.3 is 24.2 Å². The molecule has 0 radical (unpaired) electrons. The largest absolute Gasteiger partial charge is 0.478 e. The number of carbonyl (C=O) groups is 1. The van der Waals surface area contributed by atoms with Crippen molar-refractivity contribution in [2.24, 2.45) is 5.92 Å². The molecule has 0 heterocycles. The molecule has 106 valence electrons. The van der Waals surface area contributed by atoms with E-state index < -0.39 is 42.1 Å². The SMILES string of the molecule is O=C(O)C(=CF)C(C(F)(F)F)C(F)(F)C(F)(F)F. The van der Waals surface area contributed by atoms with Gasteiger partial charge in [-0.3, -0.25) is 0 Å². The second kappa shape index (κ2) is 4.69. The Hall–Kier alpha value is -1.42. The van der Waals surface area contributed by atoms with Gasteiger partial charge in [-0.1, -0.05) is 0 Å².